The zero-order valence-electron chi connectivity index (χ0n) is 10.2. The maximum atomic E-state index is 3.54. The highest BCUT2D eigenvalue weighted by atomic mass is 79.9. The molecular weight excluding hydrogens is 264 g/mol. The topological polar surface area (TPSA) is 15.3 Å². The Morgan fingerprint density at radius 1 is 1.31 bits per heavy atom. The lowest BCUT2D eigenvalue weighted by Crippen LogP contribution is -2.43. The second-order valence-corrected chi connectivity index (χ2v) is 6.19. The van der Waals surface area contributed by atoms with E-state index in [0.29, 0.717) is 0 Å². The first-order valence-electron chi connectivity index (χ1n) is 5.75. The van der Waals surface area contributed by atoms with Crippen molar-refractivity contribution in [3.63, 3.8) is 0 Å². The molecule has 1 heterocycles. The van der Waals surface area contributed by atoms with Gasteiger partial charge >= 0.3 is 0 Å². The summed E-state index contributed by atoms with van der Waals surface area (Å²) in [6.07, 6.45) is 0. The Kier molecular flexibility index (Phi) is 3.27. The molecule has 1 aromatic carbocycles. The molecule has 1 aromatic rings. The summed E-state index contributed by atoms with van der Waals surface area (Å²) in [5, 5.41) is 3.47. The second kappa shape index (κ2) is 4.38. The van der Waals surface area contributed by atoms with Crippen LogP contribution in [-0.2, 0) is 6.54 Å². The molecule has 0 aliphatic carbocycles. The molecule has 1 aliphatic rings. The van der Waals surface area contributed by atoms with Gasteiger partial charge in [0.25, 0.3) is 0 Å². The summed E-state index contributed by atoms with van der Waals surface area (Å²) in [7, 11) is 0. The Balaban J connectivity index is 2.45. The van der Waals surface area contributed by atoms with Gasteiger partial charge in [-0.2, -0.15) is 0 Å². The van der Waals surface area contributed by atoms with Crippen LogP contribution in [0.25, 0.3) is 0 Å². The van der Waals surface area contributed by atoms with Crippen molar-refractivity contribution >= 4 is 21.6 Å². The lowest BCUT2D eigenvalue weighted by Gasteiger charge is -2.37. The van der Waals surface area contributed by atoms with E-state index >= 15 is 0 Å². The summed E-state index contributed by atoms with van der Waals surface area (Å²) >= 11 is 3.54. The fraction of sp³-hybridized carbons (Fsp3) is 0.538. The molecule has 0 aromatic heterocycles. The van der Waals surface area contributed by atoms with Crippen molar-refractivity contribution < 1.29 is 0 Å². The average Bonchev–Trinajstić information content (AvgIpc) is 2.38. The highest BCUT2D eigenvalue weighted by Gasteiger charge is 2.24. The van der Waals surface area contributed by atoms with E-state index in [-0.39, 0.29) is 5.54 Å². The van der Waals surface area contributed by atoms with E-state index < -0.39 is 0 Å². The number of rotatable bonds is 0. The number of hydrogen-bond acceptors (Lipinski definition) is 2. The number of hydrogen-bond donors (Lipinski definition) is 1. The molecule has 1 N–H and O–H groups in total. The van der Waals surface area contributed by atoms with Crippen molar-refractivity contribution in [2.75, 3.05) is 18.0 Å². The lowest BCUT2D eigenvalue weighted by molar-refractivity contribution is 0.502. The van der Waals surface area contributed by atoms with Gasteiger partial charge in [-0.1, -0.05) is 15.9 Å². The SMILES string of the molecule is CC(C)(C)N1CCNCc2cc(Br)ccc21. The van der Waals surface area contributed by atoms with Gasteiger partial charge in [0.1, 0.15) is 0 Å². The fourth-order valence-electron chi connectivity index (χ4n) is 2.19. The molecule has 0 atom stereocenters. The summed E-state index contributed by atoms with van der Waals surface area (Å²) in [5.74, 6) is 0. The second-order valence-electron chi connectivity index (χ2n) is 5.27. The number of anilines is 1. The monoisotopic (exact) mass is 282 g/mol. The van der Waals surface area contributed by atoms with Crippen LogP contribution in [0.4, 0.5) is 5.69 Å². The van der Waals surface area contributed by atoms with Gasteiger partial charge in [-0.25, -0.2) is 0 Å². The molecule has 0 unspecified atom stereocenters. The standard InChI is InChI=1S/C13H19BrN2/c1-13(2,3)16-7-6-15-9-10-8-11(14)4-5-12(10)16/h4-5,8,15H,6-7,9H2,1-3H3. The van der Waals surface area contributed by atoms with Gasteiger partial charge in [0.05, 0.1) is 0 Å². The summed E-state index contributed by atoms with van der Waals surface area (Å²) < 4.78 is 1.16. The van der Waals surface area contributed by atoms with Gasteiger partial charge in [-0.05, 0) is 44.5 Å². The van der Waals surface area contributed by atoms with E-state index in [9.17, 15) is 0 Å². The maximum Gasteiger partial charge on any atom is 0.0417 e. The van der Waals surface area contributed by atoms with Gasteiger partial charge in [-0.3, -0.25) is 0 Å². The van der Waals surface area contributed by atoms with E-state index in [4.69, 9.17) is 0 Å². The predicted molar refractivity (Wildman–Crippen MR) is 72.9 cm³/mol. The van der Waals surface area contributed by atoms with E-state index in [1.807, 2.05) is 0 Å². The van der Waals surface area contributed by atoms with Crippen molar-refractivity contribution in [1.82, 2.24) is 5.32 Å². The molecule has 1 aliphatic heterocycles. The van der Waals surface area contributed by atoms with Crippen molar-refractivity contribution in [1.29, 1.82) is 0 Å². The number of nitrogens with one attached hydrogen (secondary N) is 1. The van der Waals surface area contributed by atoms with Crippen molar-refractivity contribution in [2.45, 2.75) is 32.9 Å². The van der Waals surface area contributed by atoms with Gasteiger partial charge in [0.15, 0.2) is 0 Å². The number of fused-ring (bicyclic) bond motifs is 1. The normalized spacial score (nSPS) is 16.9. The van der Waals surface area contributed by atoms with Gasteiger partial charge < -0.3 is 10.2 Å². The Morgan fingerprint density at radius 2 is 2.06 bits per heavy atom. The van der Waals surface area contributed by atoms with E-state index in [2.05, 4.69) is 65.1 Å². The first-order chi connectivity index (χ1) is 7.48. The van der Waals surface area contributed by atoms with Gasteiger partial charge in [0, 0.05) is 35.3 Å². The molecule has 88 valence electrons. The van der Waals surface area contributed by atoms with E-state index in [0.717, 1.165) is 24.1 Å². The molecule has 2 rings (SSSR count). The van der Waals surface area contributed by atoms with Crippen LogP contribution in [0.5, 0.6) is 0 Å². The zero-order chi connectivity index (χ0) is 11.8. The molecule has 16 heavy (non-hydrogen) atoms. The van der Waals surface area contributed by atoms with Crippen LogP contribution in [0.3, 0.4) is 0 Å². The highest BCUT2D eigenvalue weighted by molar-refractivity contribution is 9.10. The van der Waals surface area contributed by atoms with E-state index in [1.165, 1.54) is 11.3 Å². The summed E-state index contributed by atoms with van der Waals surface area (Å²) in [4.78, 5) is 2.48. The van der Waals surface area contributed by atoms with Crippen LogP contribution in [0.2, 0.25) is 0 Å². The molecular formula is C13H19BrN2. The quantitative estimate of drug-likeness (QED) is 0.787. The molecule has 0 fully saturated rings. The minimum absolute atomic E-state index is 0.175. The third-order valence-corrected chi connectivity index (χ3v) is 3.46. The summed E-state index contributed by atoms with van der Waals surface area (Å²) in [6.45, 7) is 9.88. The van der Waals surface area contributed by atoms with Crippen molar-refractivity contribution in [3.05, 3.63) is 28.2 Å². The third kappa shape index (κ3) is 2.41. The van der Waals surface area contributed by atoms with Crippen LogP contribution >= 0.6 is 15.9 Å². The van der Waals surface area contributed by atoms with Crippen LogP contribution < -0.4 is 10.2 Å². The van der Waals surface area contributed by atoms with Crippen molar-refractivity contribution in [3.8, 4) is 0 Å². The highest BCUT2D eigenvalue weighted by Crippen LogP contribution is 2.30. The van der Waals surface area contributed by atoms with Crippen LogP contribution in [0.15, 0.2) is 22.7 Å². The average molecular weight is 283 g/mol. The molecule has 0 bridgehead atoms. The summed E-state index contributed by atoms with van der Waals surface area (Å²) in [5.41, 5.74) is 2.91. The molecule has 0 saturated carbocycles. The lowest BCUT2D eigenvalue weighted by atomic mass is 10.0. The fourth-order valence-corrected chi connectivity index (χ4v) is 2.60. The Hall–Kier alpha value is -0.540. The largest absolute Gasteiger partial charge is 0.365 e. The van der Waals surface area contributed by atoms with E-state index in [1.54, 1.807) is 0 Å². The minimum Gasteiger partial charge on any atom is -0.365 e. The molecule has 0 radical (unpaired) electrons. The molecule has 0 saturated heterocycles. The van der Waals surface area contributed by atoms with Gasteiger partial charge in [0.2, 0.25) is 0 Å². The van der Waals surface area contributed by atoms with Crippen LogP contribution in [0.1, 0.15) is 26.3 Å². The molecule has 0 amide bonds. The zero-order valence-corrected chi connectivity index (χ0v) is 11.8. The molecule has 0 spiro atoms. The Bertz CT molecular complexity index is 382. The van der Waals surface area contributed by atoms with Crippen LogP contribution in [-0.4, -0.2) is 18.6 Å². The molecule has 2 nitrogen and oxygen atoms in total. The molecule has 3 heteroatoms. The number of benzene rings is 1. The number of halogens is 1. The third-order valence-electron chi connectivity index (χ3n) is 2.97. The first-order valence-corrected chi connectivity index (χ1v) is 6.54. The summed E-state index contributed by atoms with van der Waals surface area (Å²) in [6, 6.07) is 6.56. The smallest absolute Gasteiger partial charge is 0.0417 e. The minimum atomic E-state index is 0.175. The Labute approximate surface area is 106 Å². The first kappa shape index (κ1) is 11.9. The predicted octanol–water partition coefficient (Wildman–Crippen LogP) is 3.16. The maximum absolute atomic E-state index is 3.54. The van der Waals surface area contributed by atoms with Crippen molar-refractivity contribution in [2.24, 2.45) is 0 Å². The Morgan fingerprint density at radius 3 is 2.75 bits per heavy atom. The van der Waals surface area contributed by atoms with Gasteiger partial charge in [-0.15, -0.1) is 0 Å². The van der Waals surface area contributed by atoms with Crippen LogP contribution in [0, 0.1) is 0 Å². The number of nitrogens with zero attached hydrogens (tertiary/aromatic N) is 1.